The SMILES string of the molecule is CC(CN1CC2CCC(N)C2C1)c1cccc(Cl)c1. The fourth-order valence-corrected chi connectivity index (χ4v) is 4.05. The van der Waals surface area contributed by atoms with Crippen molar-refractivity contribution in [2.24, 2.45) is 17.6 Å². The molecule has 2 fully saturated rings. The van der Waals surface area contributed by atoms with Crippen LogP contribution in [0.3, 0.4) is 0 Å². The van der Waals surface area contributed by atoms with Gasteiger partial charge < -0.3 is 10.6 Å². The van der Waals surface area contributed by atoms with E-state index in [0.717, 1.165) is 23.4 Å². The van der Waals surface area contributed by atoms with Crippen molar-refractivity contribution in [2.45, 2.75) is 31.7 Å². The summed E-state index contributed by atoms with van der Waals surface area (Å²) in [6.07, 6.45) is 2.56. The largest absolute Gasteiger partial charge is 0.327 e. The molecule has 1 aliphatic carbocycles. The first-order valence-corrected chi connectivity index (χ1v) is 7.74. The molecule has 1 aromatic rings. The Morgan fingerprint density at radius 1 is 1.37 bits per heavy atom. The van der Waals surface area contributed by atoms with Crippen molar-refractivity contribution in [3.8, 4) is 0 Å². The highest BCUT2D eigenvalue weighted by atomic mass is 35.5. The standard InChI is InChI=1S/C16H23ClN2/c1-11(12-3-2-4-14(17)7-12)8-19-9-13-5-6-16(18)15(13)10-19/h2-4,7,11,13,15-16H,5-6,8-10,18H2,1H3. The molecule has 0 amide bonds. The Hall–Kier alpha value is -0.570. The Kier molecular flexibility index (Phi) is 3.84. The minimum atomic E-state index is 0.441. The molecule has 0 bridgehead atoms. The van der Waals surface area contributed by atoms with Gasteiger partial charge >= 0.3 is 0 Å². The molecule has 3 heteroatoms. The summed E-state index contributed by atoms with van der Waals surface area (Å²) in [6, 6.07) is 8.70. The van der Waals surface area contributed by atoms with Gasteiger partial charge in [-0.15, -0.1) is 0 Å². The van der Waals surface area contributed by atoms with E-state index in [1.54, 1.807) is 0 Å². The summed E-state index contributed by atoms with van der Waals surface area (Å²) >= 11 is 6.07. The van der Waals surface area contributed by atoms with Crippen LogP contribution >= 0.6 is 11.6 Å². The predicted octanol–water partition coefficient (Wildman–Crippen LogP) is 3.11. The molecule has 3 rings (SSSR count). The average molecular weight is 279 g/mol. The molecule has 2 N–H and O–H groups in total. The minimum absolute atomic E-state index is 0.441. The zero-order valence-electron chi connectivity index (χ0n) is 11.6. The predicted molar refractivity (Wildman–Crippen MR) is 80.5 cm³/mol. The molecule has 4 atom stereocenters. The number of benzene rings is 1. The van der Waals surface area contributed by atoms with Gasteiger partial charge in [0.25, 0.3) is 0 Å². The quantitative estimate of drug-likeness (QED) is 0.921. The molecular weight excluding hydrogens is 256 g/mol. The lowest BCUT2D eigenvalue weighted by molar-refractivity contribution is 0.291. The van der Waals surface area contributed by atoms with E-state index < -0.39 is 0 Å². The van der Waals surface area contributed by atoms with Gasteiger partial charge in [-0.1, -0.05) is 30.7 Å². The third-order valence-corrected chi connectivity index (χ3v) is 5.17. The van der Waals surface area contributed by atoms with E-state index in [2.05, 4.69) is 24.0 Å². The van der Waals surface area contributed by atoms with Crippen molar-refractivity contribution < 1.29 is 0 Å². The van der Waals surface area contributed by atoms with Gasteiger partial charge in [-0.3, -0.25) is 0 Å². The van der Waals surface area contributed by atoms with Crippen LogP contribution in [-0.4, -0.2) is 30.6 Å². The van der Waals surface area contributed by atoms with Crippen LogP contribution in [0.5, 0.6) is 0 Å². The lowest BCUT2D eigenvalue weighted by Gasteiger charge is -2.22. The van der Waals surface area contributed by atoms with Gasteiger partial charge in [0.2, 0.25) is 0 Å². The molecule has 0 spiro atoms. The van der Waals surface area contributed by atoms with Gasteiger partial charge in [0, 0.05) is 30.7 Å². The first kappa shape index (κ1) is 13.4. The lowest BCUT2D eigenvalue weighted by Crippen LogP contribution is -2.31. The summed E-state index contributed by atoms with van der Waals surface area (Å²) < 4.78 is 0. The fraction of sp³-hybridized carbons (Fsp3) is 0.625. The van der Waals surface area contributed by atoms with E-state index >= 15 is 0 Å². The molecule has 0 aromatic heterocycles. The second-order valence-electron chi connectivity index (χ2n) is 6.34. The number of rotatable bonds is 3. The highest BCUT2D eigenvalue weighted by Crippen LogP contribution is 2.37. The van der Waals surface area contributed by atoms with Gasteiger partial charge in [0.1, 0.15) is 0 Å². The zero-order valence-corrected chi connectivity index (χ0v) is 12.3. The Balaban J connectivity index is 1.60. The molecule has 104 valence electrons. The first-order chi connectivity index (χ1) is 9.13. The van der Waals surface area contributed by atoms with Gasteiger partial charge in [-0.25, -0.2) is 0 Å². The van der Waals surface area contributed by atoms with Gasteiger partial charge in [-0.05, 0) is 48.3 Å². The number of halogens is 1. The van der Waals surface area contributed by atoms with Gasteiger partial charge in [0.05, 0.1) is 0 Å². The Morgan fingerprint density at radius 2 is 2.21 bits per heavy atom. The molecule has 1 saturated carbocycles. The Morgan fingerprint density at radius 3 is 2.95 bits per heavy atom. The molecule has 0 radical (unpaired) electrons. The molecule has 4 unspecified atom stereocenters. The van der Waals surface area contributed by atoms with E-state index in [1.807, 2.05) is 12.1 Å². The van der Waals surface area contributed by atoms with Crippen molar-refractivity contribution in [1.82, 2.24) is 4.90 Å². The van der Waals surface area contributed by atoms with E-state index in [0.29, 0.717) is 12.0 Å². The van der Waals surface area contributed by atoms with E-state index in [1.165, 1.54) is 31.5 Å². The lowest BCUT2D eigenvalue weighted by atomic mass is 9.98. The van der Waals surface area contributed by atoms with Crippen molar-refractivity contribution in [3.05, 3.63) is 34.9 Å². The number of fused-ring (bicyclic) bond motifs is 1. The molecule has 2 nitrogen and oxygen atoms in total. The first-order valence-electron chi connectivity index (χ1n) is 7.37. The van der Waals surface area contributed by atoms with Crippen molar-refractivity contribution in [3.63, 3.8) is 0 Å². The Bertz CT molecular complexity index is 448. The summed E-state index contributed by atoms with van der Waals surface area (Å²) in [5, 5.41) is 0.838. The Labute approximate surface area is 120 Å². The summed E-state index contributed by atoms with van der Waals surface area (Å²) in [4.78, 5) is 2.60. The molecule has 1 aromatic carbocycles. The monoisotopic (exact) mass is 278 g/mol. The van der Waals surface area contributed by atoms with Gasteiger partial charge in [0.15, 0.2) is 0 Å². The third-order valence-electron chi connectivity index (χ3n) is 4.94. The van der Waals surface area contributed by atoms with E-state index in [4.69, 9.17) is 17.3 Å². The highest BCUT2D eigenvalue weighted by Gasteiger charge is 2.40. The van der Waals surface area contributed by atoms with Crippen LogP contribution in [-0.2, 0) is 0 Å². The number of likely N-dealkylation sites (tertiary alicyclic amines) is 1. The van der Waals surface area contributed by atoms with Crippen LogP contribution in [0, 0.1) is 11.8 Å². The fourth-order valence-electron chi connectivity index (χ4n) is 3.85. The number of hydrogen-bond donors (Lipinski definition) is 1. The number of hydrogen-bond acceptors (Lipinski definition) is 2. The number of nitrogens with zero attached hydrogens (tertiary/aromatic N) is 1. The average Bonchev–Trinajstić information content (AvgIpc) is 2.92. The smallest absolute Gasteiger partial charge is 0.0408 e. The molecule has 1 saturated heterocycles. The third kappa shape index (κ3) is 2.81. The summed E-state index contributed by atoms with van der Waals surface area (Å²) in [5.74, 6) is 2.13. The molecule has 1 heterocycles. The topological polar surface area (TPSA) is 29.3 Å². The van der Waals surface area contributed by atoms with E-state index in [-0.39, 0.29) is 0 Å². The molecule has 2 aliphatic rings. The van der Waals surface area contributed by atoms with E-state index in [9.17, 15) is 0 Å². The van der Waals surface area contributed by atoms with Crippen LogP contribution in [0.15, 0.2) is 24.3 Å². The minimum Gasteiger partial charge on any atom is -0.327 e. The molecule has 1 aliphatic heterocycles. The normalized spacial score (nSPS) is 32.5. The van der Waals surface area contributed by atoms with Crippen molar-refractivity contribution in [2.75, 3.05) is 19.6 Å². The summed E-state index contributed by atoms with van der Waals surface area (Å²) in [7, 11) is 0. The maximum absolute atomic E-state index is 6.20. The van der Waals surface area contributed by atoms with Crippen molar-refractivity contribution in [1.29, 1.82) is 0 Å². The maximum Gasteiger partial charge on any atom is 0.0408 e. The second-order valence-corrected chi connectivity index (χ2v) is 6.78. The van der Waals surface area contributed by atoms with Crippen LogP contribution < -0.4 is 5.73 Å². The van der Waals surface area contributed by atoms with Crippen LogP contribution in [0.2, 0.25) is 5.02 Å². The molecule has 19 heavy (non-hydrogen) atoms. The second kappa shape index (κ2) is 5.43. The number of nitrogens with two attached hydrogens (primary N) is 1. The summed E-state index contributed by atoms with van der Waals surface area (Å²) in [5.41, 5.74) is 7.54. The highest BCUT2D eigenvalue weighted by molar-refractivity contribution is 6.30. The van der Waals surface area contributed by atoms with Gasteiger partial charge in [-0.2, -0.15) is 0 Å². The summed E-state index contributed by atoms with van der Waals surface area (Å²) in [6.45, 7) is 5.85. The zero-order chi connectivity index (χ0) is 13.4. The van der Waals surface area contributed by atoms with Crippen LogP contribution in [0.4, 0.5) is 0 Å². The van der Waals surface area contributed by atoms with Crippen LogP contribution in [0.1, 0.15) is 31.2 Å². The molecular formula is C16H23ClN2. The maximum atomic E-state index is 6.20. The van der Waals surface area contributed by atoms with Crippen molar-refractivity contribution >= 4 is 11.6 Å². The van der Waals surface area contributed by atoms with Crippen LogP contribution in [0.25, 0.3) is 0 Å².